The molecule has 0 unspecified atom stereocenters. The molecule has 0 aromatic heterocycles. The van der Waals surface area contributed by atoms with E-state index in [0.717, 1.165) is 25.6 Å². The number of aliphatic hydroxyl groups is 1. The fourth-order valence-corrected chi connectivity index (χ4v) is 1.83. The van der Waals surface area contributed by atoms with E-state index in [9.17, 15) is 5.11 Å². The summed E-state index contributed by atoms with van der Waals surface area (Å²) in [7, 11) is 0. The Morgan fingerprint density at radius 1 is 1.67 bits per heavy atom. The van der Waals surface area contributed by atoms with Gasteiger partial charge in [0.15, 0.2) is 0 Å². The molecular weight excluding hydrogens is 152 g/mol. The molecule has 1 aliphatic rings. The summed E-state index contributed by atoms with van der Waals surface area (Å²) in [6.07, 6.45) is 2.25. The summed E-state index contributed by atoms with van der Waals surface area (Å²) >= 11 is 0. The largest absolute Gasteiger partial charge is 0.390 e. The van der Waals surface area contributed by atoms with E-state index in [-0.39, 0.29) is 6.10 Å². The molecule has 1 rings (SSSR count). The average molecular weight is 172 g/mol. The van der Waals surface area contributed by atoms with Crippen LogP contribution in [0.15, 0.2) is 0 Å². The maximum Gasteiger partial charge on any atom is 0.0789 e. The van der Waals surface area contributed by atoms with Crippen molar-refractivity contribution in [3.05, 3.63) is 0 Å². The first-order valence-electron chi connectivity index (χ1n) is 4.83. The van der Waals surface area contributed by atoms with Crippen molar-refractivity contribution in [1.29, 1.82) is 0 Å². The Hall–Kier alpha value is -0.120. The highest BCUT2D eigenvalue weighted by Gasteiger charge is 2.17. The molecule has 1 fully saturated rings. The Bertz CT molecular complexity index is 130. The maximum atomic E-state index is 9.33. The van der Waals surface area contributed by atoms with E-state index in [1.165, 1.54) is 12.8 Å². The van der Waals surface area contributed by atoms with Crippen molar-refractivity contribution < 1.29 is 5.11 Å². The quantitative estimate of drug-likeness (QED) is 0.632. The van der Waals surface area contributed by atoms with Gasteiger partial charge in [-0.15, -0.1) is 0 Å². The van der Waals surface area contributed by atoms with Crippen molar-refractivity contribution in [3.8, 4) is 0 Å². The molecule has 0 saturated carbocycles. The summed E-state index contributed by atoms with van der Waals surface area (Å²) in [5.74, 6) is 0.781. The molecule has 1 saturated heterocycles. The van der Waals surface area contributed by atoms with Crippen LogP contribution in [0.2, 0.25) is 0 Å². The van der Waals surface area contributed by atoms with Crippen LogP contribution in [0.5, 0.6) is 0 Å². The molecule has 3 heteroatoms. The molecule has 0 aromatic carbocycles. The third-order valence-electron chi connectivity index (χ3n) is 2.48. The molecule has 0 radical (unpaired) electrons. The molecule has 0 bridgehead atoms. The summed E-state index contributed by atoms with van der Waals surface area (Å²) in [5.41, 5.74) is 5.35. The van der Waals surface area contributed by atoms with Crippen LogP contribution in [-0.4, -0.2) is 42.3 Å². The van der Waals surface area contributed by atoms with Crippen LogP contribution in [0.1, 0.15) is 19.8 Å². The van der Waals surface area contributed by atoms with Crippen LogP contribution in [-0.2, 0) is 0 Å². The van der Waals surface area contributed by atoms with Crippen molar-refractivity contribution in [1.82, 2.24) is 4.90 Å². The highest BCUT2D eigenvalue weighted by Crippen LogP contribution is 2.15. The number of β-amino-alcohol motifs (C(OH)–C–C–N with tert-alkyl or cyclic N) is 1. The van der Waals surface area contributed by atoms with Crippen LogP contribution in [0.25, 0.3) is 0 Å². The van der Waals surface area contributed by atoms with Gasteiger partial charge < -0.3 is 15.7 Å². The van der Waals surface area contributed by atoms with Gasteiger partial charge in [0.25, 0.3) is 0 Å². The van der Waals surface area contributed by atoms with E-state index in [4.69, 9.17) is 5.73 Å². The summed E-state index contributed by atoms with van der Waals surface area (Å²) in [6, 6.07) is 0. The molecular formula is C9H20N2O. The molecule has 0 spiro atoms. The Kier molecular flexibility index (Phi) is 3.98. The van der Waals surface area contributed by atoms with Gasteiger partial charge in [0.2, 0.25) is 0 Å². The van der Waals surface area contributed by atoms with E-state index in [1.54, 1.807) is 0 Å². The molecule has 2 atom stereocenters. The predicted molar refractivity (Wildman–Crippen MR) is 49.9 cm³/mol. The monoisotopic (exact) mass is 172 g/mol. The minimum absolute atomic E-state index is 0.338. The second-order valence-electron chi connectivity index (χ2n) is 3.90. The van der Waals surface area contributed by atoms with Crippen LogP contribution in [0.3, 0.4) is 0 Å². The molecule has 0 aliphatic carbocycles. The zero-order valence-electron chi connectivity index (χ0n) is 7.87. The number of likely N-dealkylation sites (tertiary alicyclic amines) is 1. The lowest BCUT2D eigenvalue weighted by Crippen LogP contribution is -2.41. The Morgan fingerprint density at radius 3 is 3.00 bits per heavy atom. The van der Waals surface area contributed by atoms with Gasteiger partial charge in [0.05, 0.1) is 6.10 Å². The normalized spacial score (nSPS) is 28.8. The average Bonchev–Trinajstić information content (AvgIpc) is 2.04. The van der Waals surface area contributed by atoms with E-state index < -0.39 is 0 Å². The number of nitrogens with zero attached hydrogens (tertiary/aromatic N) is 1. The smallest absolute Gasteiger partial charge is 0.0789 e. The number of piperidine rings is 1. The molecule has 3 nitrogen and oxygen atoms in total. The van der Waals surface area contributed by atoms with E-state index >= 15 is 0 Å². The number of aliphatic hydroxyl groups excluding tert-OH is 1. The van der Waals surface area contributed by atoms with Crippen molar-refractivity contribution in [3.63, 3.8) is 0 Å². The van der Waals surface area contributed by atoms with Crippen LogP contribution < -0.4 is 5.73 Å². The molecule has 1 heterocycles. The highest BCUT2D eigenvalue weighted by atomic mass is 16.3. The van der Waals surface area contributed by atoms with Gasteiger partial charge in [-0.2, -0.15) is 0 Å². The van der Waals surface area contributed by atoms with Crippen molar-refractivity contribution >= 4 is 0 Å². The standard InChI is InChI=1S/C9H20N2O/c1-8-3-2-4-11(6-8)7-9(12)5-10/h8-9,12H,2-7,10H2,1H3/t8-,9+/m1/s1. The molecule has 1 aliphatic heterocycles. The van der Waals surface area contributed by atoms with Gasteiger partial charge >= 0.3 is 0 Å². The second-order valence-corrected chi connectivity index (χ2v) is 3.90. The third kappa shape index (κ3) is 3.09. The van der Waals surface area contributed by atoms with Crippen molar-refractivity contribution in [2.75, 3.05) is 26.2 Å². The molecule has 3 N–H and O–H groups in total. The number of nitrogens with two attached hydrogens (primary N) is 1. The SMILES string of the molecule is C[C@@H]1CCCN(C[C@@H](O)CN)C1. The second kappa shape index (κ2) is 4.80. The minimum Gasteiger partial charge on any atom is -0.390 e. The maximum absolute atomic E-state index is 9.33. The van der Waals surface area contributed by atoms with Crippen LogP contribution in [0.4, 0.5) is 0 Å². The highest BCUT2D eigenvalue weighted by molar-refractivity contribution is 4.72. The van der Waals surface area contributed by atoms with E-state index in [0.29, 0.717) is 6.54 Å². The Balaban J connectivity index is 2.22. The van der Waals surface area contributed by atoms with Crippen molar-refractivity contribution in [2.24, 2.45) is 11.7 Å². The number of hydrogen-bond acceptors (Lipinski definition) is 3. The first-order valence-corrected chi connectivity index (χ1v) is 4.83. The Labute approximate surface area is 74.5 Å². The van der Waals surface area contributed by atoms with Gasteiger partial charge in [0.1, 0.15) is 0 Å². The van der Waals surface area contributed by atoms with Crippen LogP contribution >= 0.6 is 0 Å². The topological polar surface area (TPSA) is 49.5 Å². The first kappa shape index (κ1) is 9.96. The summed E-state index contributed by atoms with van der Waals surface area (Å²) in [5, 5.41) is 9.33. The molecule has 0 aromatic rings. The summed E-state index contributed by atoms with van der Waals surface area (Å²) in [4.78, 5) is 2.31. The van der Waals surface area contributed by atoms with E-state index in [2.05, 4.69) is 11.8 Å². The molecule has 0 amide bonds. The lowest BCUT2D eigenvalue weighted by atomic mass is 10.00. The van der Waals surface area contributed by atoms with Gasteiger partial charge in [-0.1, -0.05) is 6.92 Å². The lowest BCUT2D eigenvalue weighted by molar-refractivity contribution is 0.0924. The van der Waals surface area contributed by atoms with Crippen LogP contribution in [0, 0.1) is 5.92 Å². The predicted octanol–water partition coefficient (Wildman–Crippen LogP) is 0.0379. The molecule has 12 heavy (non-hydrogen) atoms. The Morgan fingerprint density at radius 2 is 2.42 bits per heavy atom. The number of hydrogen-bond donors (Lipinski definition) is 2. The zero-order valence-corrected chi connectivity index (χ0v) is 7.87. The van der Waals surface area contributed by atoms with Gasteiger partial charge in [-0.3, -0.25) is 0 Å². The fourth-order valence-electron chi connectivity index (χ4n) is 1.83. The number of rotatable bonds is 3. The van der Waals surface area contributed by atoms with Gasteiger partial charge in [-0.05, 0) is 25.3 Å². The van der Waals surface area contributed by atoms with Gasteiger partial charge in [0, 0.05) is 19.6 Å². The summed E-state index contributed by atoms with van der Waals surface area (Å²) in [6.45, 7) is 5.64. The van der Waals surface area contributed by atoms with Gasteiger partial charge in [-0.25, -0.2) is 0 Å². The zero-order chi connectivity index (χ0) is 8.97. The minimum atomic E-state index is -0.338. The van der Waals surface area contributed by atoms with E-state index in [1.807, 2.05) is 0 Å². The lowest BCUT2D eigenvalue weighted by Gasteiger charge is -2.31. The molecule has 72 valence electrons. The third-order valence-corrected chi connectivity index (χ3v) is 2.48. The summed E-state index contributed by atoms with van der Waals surface area (Å²) < 4.78 is 0. The fraction of sp³-hybridized carbons (Fsp3) is 1.00. The first-order chi connectivity index (χ1) is 5.72. The van der Waals surface area contributed by atoms with Crippen molar-refractivity contribution in [2.45, 2.75) is 25.9 Å².